The number of rotatable bonds is 1. The quantitative estimate of drug-likeness (QED) is 0.526. The molecule has 0 unspecified atom stereocenters. The Morgan fingerprint density at radius 3 is 2.56 bits per heavy atom. The predicted molar refractivity (Wildman–Crippen MR) is 25.8 cm³/mol. The molecule has 0 aliphatic heterocycles. The van der Waals surface area contributed by atoms with Crippen molar-refractivity contribution in [1.82, 2.24) is 20.6 Å². The first-order chi connectivity index (χ1) is 3.93. The number of aromatic nitrogens is 4. The summed E-state index contributed by atoms with van der Waals surface area (Å²) in [5.41, 5.74) is 0.750. The van der Waals surface area contributed by atoms with Crippen LogP contribution < -0.4 is 0 Å². The van der Waals surface area contributed by atoms with Crippen molar-refractivity contribution in [3.05, 3.63) is 11.9 Å². The molecule has 0 aromatic carbocycles. The summed E-state index contributed by atoms with van der Waals surface area (Å²) < 4.78 is 0. The molecule has 47 valence electrons. The van der Waals surface area contributed by atoms with Crippen LogP contribution in [0.3, 0.4) is 0 Å². The van der Waals surface area contributed by atoms with Crippen LogP contribution in [0.4, 0.5) is 0 Å². The summed E-state index contributed by atoms with van der Waals surface area (Å²) in [7, 11) is 0. The van der Waals surface area contributed by atoms with Crippen LogP contribution in [0.15, 0.2) is 0 Å². The zero-order chi connectivity index (χ0) is 5.82. The Kier molecular flexibility index (Phi) is 4.17. The van der Waals surface area contributed by atoms with Crippen molar-refractivity contribution >= 4 is 0 Å². The third-order valence-electron chi connectivity index (χ3n) is 0.764. The second kappa shape index (κ2) is 4.41. The molecule has 0 spiro atoms. The fourth-order valence-electron chi connectivity index (χ4n) is 0.346. The van der Waals surface area contributed by atoms with E-state index >= 15 is 0 Å². The van der Waals surface area contributed by atoms with E-state index in [0.717, 1.165) is 12.1 Å². The molecular formula is C4H5N4V-. The molecule has 0 atom stereocenters. The molecule has 0 aliphatic rings. The normalized spacial score (nSPS) is 8.11. The van der Waals surface area contributed by atoms with Gasteiger partial charge in [0.15, 0.2) is 0 Å². The van der Waals surface area contributed by atoms with Gasteiger partial charge in [0.1, 0.15) is 0 Å². The Hall–Kier alpha value is -0.476. The van der Waals surface area contributed by atoms with Crippen molar-refractivity contribution in [2.75, 3.05) is 0 Å². The van der Waals surface area contributed by atoms with Crippen molar-refractivity contribution in [3.8, 4) is 0 Å². The summed E-state index contributed by atoms with van der Waals surface area (Å²) >= 11 is 0. The van der Waals surface area contributed by atoms with Crippen LogP contribution in [0.25, 0.3) is 0 Å². The smallest absolute Gasteiger partial charge is 0 e. The van der Waals surface area contributed by atoms with Crippen molar-refractivity contribution < 1.29 is 18.6 Å². The molecule has 0 N–H and O–H groups in total. The van der Waals surface area contributed by atoms with Gasteiger partial charge in [-0.3, -0.25) is 0 Å². The molecule has 5 heteroatoms. The Morgan fingerprint density at radius 2 is 2.22 bits per heavy atom. The average molecular weight is 160 g/mol. The molecule has 0 saturated heterocycles. The molecule has 0 saturated carbocycles. The SMILES string of the molecule is CCc1[c-]nnnn1.[V]. The van der Waals surface area contributed by atoms with Gasteiger partial charge in [-0.2, -0.15) is 5.10 Å². The maximum Gasteiger partial charge on any atom is 0 e. The molecule has 0 amide bonds. The van der Waals surface area contributed by atoms with Gasteiger partial charge in [0.25, 0.3) is 0 Å². The first-order valence-electron chi connectivity index (χ1n) is 2.36. The fourth-order valence-corrected chi connectivity index (χ4v) is 0.346. The molecule has 1 aromatic rings. The Labute approximate surface area is 65.0 Å². The van der Waals surface area contributed by atoms with Crippen molar-refractivity contribution in [1.29, 1.82) is 0 Å². The van der Waals surface area contributed by atoms with Crippen LogP contribution in [0.5, 0.6) is 0 Å². The molecule has 0 bridgehead atoms. The first-order valence-corrected chi connectivity index (χ1v) is 2.36. The standard InChI is InChI=1S/C4H5N4.V/c1-2-4-3-5-7-8-6-4;/h2H2,1H3;/q-1;. The van der Waals surface area contributed by atoms with E-state index in [1.165, 1.54) is 0 Å². The van der Waals surface area contributed by atoms with E-state index < -0.39 is 0 Å². The van der Waals surface area contributed by atoms with E-state index in [4.69, 9.17) is 0 Å². The van der Waals surface area contributed by atoms with E-state index in [9.17, 15) is 0 Å². The van der Waals surface area contributed by atoms with E-state index in [1.54, 1.807) is 0 Å². The van der Waals surface area contributed by atoms with Gasteiger partial charge in [-0.1, -0.05) is 17.8 Å². The van der Waals surface area contributed by atoms with Gasteiger partial charge in [0, 0.05) is 18.6 Å². The maximum atomic E-state index is 3.62. The van der Waals surface area contributed by atoms with Crippen LogP contribution in [0.2, 0.25) is 0 Å². The summed E-state index contributed by atoms with van der Waals surface area (Å²) in [6, 6.07) is 0. The van der Waals surface area contributed by atoms with E-state index in [0.29, 0.717) is 0 Å². The number of hydrogen-bond donors (Lipinski definition) is 0. The predicted octanol–water partition coefficient (Wildman–Crippen LogP) is -0.373. The monoisotopic (exact) mass is 160 g/mol. The Balaban J connectivity index is 0.000000640. The van der Waals surface area contributed by atoms with Gasteiger partial charge in [0.2, 0.25) is 0 Å². The average Bonchev–Trinajstić information content (AvgIpc) is 1.90. The van der Waals surface area contributed by atoms with Gasteiger partial charge >= 0.3 is 0 Å². The second-order valence-corrected chi connectivity index (χ2v) is 1.29. The fraction of sp³-hybridized carbons (Fsp3) is 0.500. The molecule has 1 rings (SSSR count). The van der Waals surface area contributed by atoms with Crippen LogP contribution in [0, 0.1) is 6.20 Å². The minimum atomic E-state index is 0. The van der Waals surface area contributed by atoms with Crippen molar-refractivity contribution in [2.45, 2.75) is 13.3 Å². The topological polar surface area (TPSA) is 51.6 Å². The van der Waals surface area contributed by atoms with E-state index in [-0.39, 0.29) is 18.6 Å². The number of nitrogens with zero attached hydrogens (tertiary/aromatic N) is 4. The van der Waals surface area contributed by atoms with Crippen LogP contribution in [-0.4, -0.2) is 20.6 Å². The minimum Gasteiger partial charge on any atom is -0.348 e. The minimum absolute atomic E-state index is 0. The van der Waals surface area contributed by atoms with E-state index in [1.807, 2.05) is 6.92 Å². The van der Waals surface area contributed by atoms with Gasteiger partial charge in [-0.25, -0.2) is 0 Å². The van der Waals surface area contributed by atoms with Gasteiger partial charge < -0.3 is 11.3 Å². The van der Waals surface area contributed by atoms with Gasteiger partial charge in [-0.15, -0.1) is 0 Å². The van der Waals surface area contributed by atoms with E-state index in [2.05, 4.69) is 26.8 Å². The molecule has 1 aromatic heterocycles. The molecule has 0 fully saturated rings. The Morgan fingerprint density at radius 1 is 1.44 bits per heavy atom. The second-order valence-electron chi connectivity index (χ2n) is 1.29. The van der Waals surface area contributed by atoms with Crippen molar-refractivity contribution in [3.63, 3.8) is 0 Å². The molecule has 4 nitrogen and oxygen atoms in total. The third-order valence-corrected chi connectivity index (χ3v) is 0.764. The van der Waals surface area contributed by atoms with Crippen LogP contribution in [0.1, 0.15) is 12.6 Å². The zero-order valence-corrected chi connectivity index (χ0v) is 6.34. The summed E-state index contributed by atoms with van der Waals surface area (Å²) in [6.45, 7) is 1.96. The first kappa shape index (κ1) is 8.52. The number of hydrogen-bond acceptors (Lipinski definition) is 4. The summed E-state index contributed by atoms with van der Waals surface area (Å²) in [6.07, 6.45) is 3.39. The molecule has 0 aliphatic carbocycles. The number of aryl methyl sites for hydroxylation is 1. The largest absolute Gasteiger partial charge is 0.348 e. The summed E-state index contributed by atoms with van der Waals surface area (Å²) in [5, 5.41) is 13.6. The Bertz CT molecular complexity index is 154. The summed E-state index contributed by atoms with van der Waals surface area (Å²) in [5.74, 6) is 0. The molecule has 1 radical (unpaired) electrons. The van der Waals surface area contributed by atoms with Crippen LogP contribution in [-0.2, 0) is 25.0 Å². The molecule has 9 heavy (non-hydrogen) atoms. The zero-order valence-electron chi connectivity index (χ0n) is 4.94. The van der Waals surface area contributed by atoms with Crippen molar-refractivity contribution in [2.24, 2.45) is 0 Å². The van der Waals surface area contributed by atoms with Gasteiger partial charge in [-0.05, 0) is 11.6 Å². The van der Waals surface area contributed by atoms with Crippen LogP contribution >= 0.6 is 0 Å². The molecule has 1 heterocycles. The van der Waals surface area contributed by atoms with Gasteiger partial charge in [0.05, 0.1) is 0 Å². The molecular weight excluding hydrogens is 155 g/mol. The third kappa shape index (κ3) is 2.53. The summed E-state index contributed by atoms with van der Waals surface area (Å²) in [4.78, 5) is 0. The maximum absolute atomic E-state index is 3.62.